The van der Waals surface area contributed by atoms with E-state index in [0.29, 0.717) is 12.5 Å². The fraction of sp³-hybridized carbons (Fsp3) is 0.227. The van der Waals surface area contributed by atoms with Gasteiger partial charge >= 0.3 is 0 Å². The van der Waals surface area contributed by atoms with E-state index in [9.17, 15) is 4.79 Å². The zero-order valence-electron chi connectivity index (χ0n) is 27.1. The van der Waals surface area contributed by atoms with Crippen molar-refractivity contribution >= 4 is 50.2 Å². The Kier molecular flexibility index (Phi) is 7.30. The molecule has 1 aliphatic carbocycles. The monoisotopic (exact) mass is 626 g/mol. The van der Waals surface area contributed by atoms with E-state index in [1.165, 1.54) is 49.4 Å². The van der Waals surface area contributed by atoms with E-state index >= 15 is 0 Å². The van der Waals surface area contributed by atoms with E-state index < -0.39 is 0 Å². The first-order valence-electron chi connectivity index (χ1n) is 17.4. The van der Waals surface area contributed by atoms with Crippen molar-refractivity contribution in [2.75, 3.05) is 26.2 Å². The van der Waals surface area contributed by atoms with Gasteiger partial charge in [-0.3, -0.25) is 4.79 Å². The molecule has 6 aromatic rings. The zero-order valence-corrected chi connectivity index (χ0v) is 27.1. The van der Waals surface area contributed by atoms with Gasteiger partial charge in [0.25, 0.3) is 5.91 Å². The van der Waals surface area contributed by atoms with Gasteiger partial charge in [-0.1, -0.05) is 109 Å². The van der Waals surface area contributed by atoms with Crippen LogP contribution in [0.4, 0.5) is 0 Å². The smallest absolute Gasteiger partial charge is 0.254 e. The Balaban J connectivity index is 0.982. The molecule has 0 spiro atoms. The van der Waals surface area contributed by atoms with Crippen LogP contribution < -0.4 is 0 Å². The van der Waals surface area contributed by atoms with Gasteiger partial charge in [-0.25, -0.2) is 4.99 Å². The van der Waals surface area contributed by atoms with E-state index in [1.54, 1.807) is 0 Å². The molecule has 9 rings (SSSR count). The summed E-state index contributed by atoms with van der Waals surface area (Å²) in [6, 6.07) is 39.3. The average Bonchev–Trinajstić information content (AvgIpc) is 3.70. The Morgan fingerprint density at radius 1 is 0.729 bits per heavy atom. The van der Waals surface area contributed by atoms with E-state index in [-0.39, 0.29) is 5.91 Å². The summed E-state index contributed by atoms with van der Waals surface area (Å²) in [6.45, 7) is 2.88. The molecule has 4 nitrogen and oxygen atoms in total. The largest absolute Gasteiger partial charge is 0.476 e. The molecule has 1 saturated heterocycles. The average molecular weight is 627 g/mol. The number of carbonyl (C=O) groups excluding carboxylic acids is 1. The molecule has 6 aromatic carbocycles. The molecule has 3 aliphatic rings. The second-order valence-electron chi connectivity index (χ2n) is 13.5. The third-order valence-electron chi connectivity index (χ3n) is 10.8. The number of likely N-dealkylation sites (tertiary alicyclic amines) is 1. The van der Waals surface area contributed by atoms with Crippen molar-refractivity contribution in [1.29, 1.82) is 0 Å². The molecule has 0 radical (unpaired) electrons. The van der Waals surface area contributed by atoms with Crippen molar-refractivity contribution in [2.24, 2.45) is 4.99 Å². The van der Waals surface area contributed by atoms with Crippen LogP contribution in [0.2, 0.25) is 0 Å². The predicted molar refractivity (Wildman–Crippen MR) is 197 cm³/mol. The van der Waals surface area contributed by atoms with Gasteiger partial charge in [-0.2, -0.15) is 0 Å². The fourth-order valence-electron chi connectivity index (χ4n) is 8.27. The predicted octanol–water partition coefficient (Wildman–Crippen LogP) is 9.52. The Bertz CT molecular complexity index is 2270. The lowest BCUT2D eigenvalue weighted by atomic mass is 9.76. The van der Waals surface area contributed by atoms with Gasteiger partial charge in [-0.05, 0) is 105 Å². The summed E-state index contributed by atoms with van der Waals surface area (Å²) in [4.78, 5) is 21.1. The second-order valence-corrected chi connectivity index (χ2v) is 13.5. The molecule has 0 bridgehead atoms. The third kappa shape index (κ3) is 5.16. The highest BCUT2D eigenvalue weighted by Crippen LogP contribution is 2.41. The normalized spacial score (nSPS) is 17.8. The number of hydrogen-bond acceptors (Lipinski definition) is 3. The molecule has 0 saturated carbocycles. The highest BCUT2D eigenvalue weighted by molar-refractivity contribution is 6.10. The molecule has 1 fully saturated rings. The van der Waals surface area contributed by atoms with Crippen LogP contribution in [0, 0.1) is 0 Å². The Morgan fingerprint density at radius 3 is 2.25 bits per heavy atom. The lowest BCUT2D eigenvalue weighted by Gasteiger charge is -2.32. The van der Waals surface area contributed by atoms with E-state index in [4.69, 9.17) is 4.74 Å². The minimum atomic E-state index is 0.179. The number of rotatable bonds is 4. The van der Waals surface area contributed by atoms with Crippen LogP contribution >= 0.6 is 0 Å². The summed E-state index contributed by atoms with van der Waals surface area (Å²) in [5.41, 5.74) is 8.63. The lowest BCUT2D eigenvalue weighted by Crippen LogP contribution is -2.37. The van der Waals surface area contributed by atoms with Gasteiger partial charge in [0.1, 0.15) is 6.61 Å². The van der Waals surface area contributed by atoms with Crippen LogP contribution in [0.1, 0.15) is 63.4 Å². The molecule has 236 valence electrons. The van der Waals surface area contributed by atoms with Crippen LogP contribution in [-0.4, -0.2) is 42.9 Å². The number of aliphatic imine (C=N–C) groups is 1. The Hall–Kier alpha value is -5.22. The molecule has 2 aliphatic heterocycles. The Labute approximate surface area is 281 Å². The number of aryl methyl sites for hydroxylation is 1. The summed E-state index contributed by atoms with van der Waals surface area (Å²) in [7, 11) is 0. The molecule has 4 heteroatoms. The van der Waals surface area contributed by atoms with Gasteiger partial charge in [0.05, 0.1) is 12.1 Å². The summed E-state index contributed by atoms with van der Waals surface area (Å²) in [5, 5.41) is 7.55. The molecule has 48 heavy (non-hydrogen) atoms. The van der Waals surface area contributed by atoms with Crippen molar-refractivity contribution in [3.63, 3.8) is 0 Å². The van der Waals surface area contributed by atoms with E-state index in [0.717, 1.165) is 79.5 Å². The van der Waals surface area contributed by atoms with Gasteiger partial charge in [-0.15, -0.1) is 0 Å². The maximum Gasteiger partial charge on any atom is 0.254 e. The van der Waals surface area contributed by atoms with E-state index in [1.807, 2.05) is 0 Å². The number of hydrogen-bond donors (Lipinski definition) is 0. The number of ether oxygens (including phenoxy) is 1. The first kappa shape index (κ1) is 29.0. The number of amides is 1. The van der Waals surface area contributed by atoms with Crippen LogP contribution in [0.3, 0.4) is 0 Å². The minimum absolute atomic E-state index is 0.179. The number of nitrogens with zero attached hydrogens (tertiary/aromatic N) is 2. The molecule has 2 heterocycles. The van der Waals surface area contributed by atoms with Crippen molar-refractivity contribution in [3.8, 4) is 0 Å². The van der Waals surface area contributed by atoms with Crippen LogP contribution in [-0.2, 0) is 17.6 Å². The molecule has 1 unspecified atom stereocenters. The van der Waals surface area contributed by atoms with Crippen molar-refractivity contribution in [1.82, 2.24) is 4.90 Å². The minimum Gasteiger partial charge on any atom is -0.476 e. The number of carbonyl (C=O) groups is 1. The molecule has 1 amide bonds. The fourth-order valence-corrected chi connectivity index (χ4v) is 8.27. The topological polar surface area (TPSA) is 41.9 Å². The van der Waals surface area contributed by atoms with Gasteiger partial charge < -0.3 is 9.64 Å². The molecule has 0 aromatic heterocycles. The lowest BCUT2D eigenvalue weighted by molar-refractivity contribution is 0.0744. The summed E-state index contributed by atoms with van der Waals surface area (Å²) >= 11 is 0. The van der Waals surface area contributed by atoms with Gasteiger partial charge in [0, 0.05) is 18.7 Å². The van der Waals surface area contributed by atoms with Crippen LogP contribution in [0.25, 0.3) is 38.4 Å². The first-order chi connectivity index (χ1) is 23.7. The van der Waals surface area contributed by atoms with Crippen molar-refractivity contribution in [3.05, 3.63) is 148 Å². The highest BCUT2D eigenvalue weighted by Gasteiger charge is 2.30. The Morgan fingerprint density at radius 2 is 1.46 bits per heavy atom. The molecule has 0 N–H and O–H groups in total. The van der Waals surface area contributed by atoms with Crippen LogP contribution in [0.15, 0.2) is 120 Å². The molecule has 1 atom stereocenters. The summed E-state index contributed by atoms with van der Waals surface area (Å²) in [5.74, 6) is 1.23. The summed E-state index contributed by atoms with van der Waals surface area (Å²) in [6.07, 6.45) is 7.10. The SMILES string of the molecule is O=C(c1c(C2CCc3c(ccc4c3ccc3ccccc34)C2)ccc2ccccc12)N1CCC(=Cc2ccc(C3=NCCO3)cc2)CC1. The van der Waals surface area contributed by atoms with Gasteiger partial charge in [0.2, 0.25) is 5.90 Å². The second kappa shape index (κ2) is 12.1. The standard InChI is InChI=1S/C44H38N2O2/c47-44(46-24-21-30(22-25-46)27-29-9-11-33(12-10-29)43-45-23-26-48-43)42-38-8-4-2-6-32(38)13-18-39(42)35-15-17-37-34(28-35)16-20-40-36-7-3-1-5-31(36)14-19-41(37)40/h1-14,16,18-20,27,35H,15,17,21-26,28H2. The third-order valence-corrected chi connectivity index (χ3v) is 10.8. The van der Waals surface area contributed by atoms with Crippen LogP contribution in [0.5, 0.6) is 0 Å². The maximum absolute atomic E-state index is 14.5. The maximum atomic E-state index is 14.5. The van der Waals surface area contributed by atoms with Crippen molar-refractivity contribution < 1.29 is 9.53 Å². The zero-order chi connectivity index (χ0) is 32.0. The number of piperidine rings is 1. The first-order valence-corrected chi connectivity index (χ1v) is 17.4. The molecular weight excluding hydrogens is 588 g/mol. The number of fused-ring (bicyclic) bond motifs is 6. The highest BCUT2D eigenvalue weighted by atomic mass is 16.5. The summed E-state index contributed by atoms with van der Waals surface area (Å²) < 4.78 is 5.61. The van der Waals surface area contributed by atoms with Gasteiger partial charge in [0.15, 0.2) is 0 Å². The number of benzene rings is 6. The van der Waals surface area contributed by atoms with E-state index in [2.05, 4.69) is 125 Å². The quantitative estimate of drug-likeness (QED) is 0.183. The van der Waals surface area contributed by atoms with Crippen molar-refractivity contribution in [2.45, 2.75) is 38.0 Å². The molecular formula is C44H38N2O2.